The Labute approximate surface area is 215 Å². The van der Waals surface area contributed by atoms with Gasteiger partial charge >= 0.3 is 0 Å². The second-order valence-electron chi connectivity index (χ2n) is 8.98. The molecule has 2 aromatic heterocycles. The Kier molecular flexibility index (Phi) is 7.51. The molecule has 1 fully saturated rings. The summed E-state index contributed by atoms with van der Waals surface area (Å²) in [5, 5.41) is 6.29. The van der Waals surface area contributed by atoms with Crippen LogP contribution in [0.1, 0.15) is 35.7 Å². The van der Waals surface area contributed by atoms with Crippen LogP contribution in [0.2, 0.25) is 0 Å². The fourth-order valence-corrected chi connectivity index (χ4v) is 4.58. The average Bonchev–Trinajstić information content (AvgIpc) is 3.33. The average molecular weight is 502 g/mol. The highest BCUT2D eigenvalue weighted by molar-refractivity contribution is 6.11. The highest BCUT2D eigenvalue weighted by Crippen LogP contribution is 2.29. The zero-order valence-electron chi connectivity index (χ0n) is 21.1. The SMILES string of the molecule is CCOc1cc(CN2CCC(Nc3nc4c(C(=O)Nc5cccnc5)cccc4o3)CC2)ccc1OC. The Bertz CT molecular complexity index is 1350. The third-order valence-electron chi connectivity index (χ3n) is 6.43. The normalized spacial score (nSPS) is 14.4. The lowest BCUT2D eigenvalue weighted by Crippen LogP contribution is -2.38. The maximum atomic E-state index is 12.8. The first-order valence-corrected chi connectivity index (χ1v) is 12.5. The van der Waals surface area contributed by atoms with Gasteiger partial charge in [0.1, 0.15) is 5.52 Å². The van der Waals surface area contributed by atoms with Gasteiger partial charge in [0.25, 0.3) is 11.9 Å². The van der Waals surface area contributed by atoms with Crippen LogP contribution in [0.3, 0.4) is 0 Å². The van der Waals surface area contributed by atoms with Crippen LogP contribution in [0.25, 0.3) is 11.1 Å². The summed E-state index contributed by atoms with van der Waals surface area (Å²) in [6.45, 7) is 5.33. The fourth-order valence-electron chi connectivity index (χ4n) is 4.58. The zero-order chi connectivity index (χ0) is 25.6. The molecular formula is C28H31N5O4. The van der Waals surface area contributed by atoms with E-state index in [1.165, 1.54) is 5.56 Å². The number of piperidine rings is 1. The maximum Gasteiger partial charge on any atom is 0.295 e. The molecule has 1 saturated heterocycles. The number of anilines is 2. The van der Waals surface area contributed by atoms with Gasteiger partial charge in [-0.05, 0) is 61.7 Å². The van der Waals surface area contributed by atoms with Crippen molar-refractivity contribution < 1.29 is 18.7 Å². The number of ether oxygens (including phenoxy) is 2. The van der Waals surface area contributed by atoms with Crippen molar-refractivity contribution in [2.45, 2.75) is 32.4 Å². The standard InChI is InChI=1S/C28H31N5O4/c1-3-36-25-16-19(9-10-23(25)35-2)18-33-14-11-20(12-15-33)31-28-32-26-22(7-4-8-24(26)37-28)27(34)30-21-6-5-13-29-17-21/h4-10,13,16-17,20H,3,11-12,14-15,18H2,1-2H3,(H,30,34)(H,31,32). The third-order valence-corrected chi connectivity index (χ3v) is 6.43. The molecule has 3 heterocycles. The topological polar surface area (TPSA) is 102 Å². The number of carbonyl (C=O) groups excluding carboxylic acids is 1. The van der Waals surface area contributed by atoms with E-state index in [4.69, 9.17) is 13.9 Å². The van der Waals surface area contributed by atoms with Crippen molar-refractivity contribution in [3.8, 4) is 11.5 Å². The number of para-hydroxylation sites is 1. The Balaban J connectivity index is 1.19. The largest absolute Gasteiger partial charge is 0.493 e. The minimum absolute atomic E-state index is 0.242. The number of rotatable bonds is 9. The van der Waals surface area contributed by atoms with E-state index in [-0.39, 0.29) is 11.9 Å². The number of nitrogens with zero attached hydrogens (tertiary/aromatic N) is 3. The number of oxazole rings is 1. The molecule has 0 atom stereocenters. The number of methoxy groups -OCH3 is 1. The van der Waals surface area contributed by atoms with Crippen LogP contribution in [0, 0.1) is 0 Å². The van der Waals surface area contributed by atoms with Crippen LogP contribution < -0.4 is 20.1 Å². The van der Waals surface area contributed by atoms with E-state index in [9.17, 15) is 4.79 Å². The number of pyridine rings is 1. The summed E-state index contributed by atoms with van der Waals surface area (Å²) in [7, 11) is 1.66. The molecule has 0 bridgehead atoms. The van der Waals surface area contributed by atoms with Gasteiger partial charge in [-0.2, -0.15) is 4.98 Å². The lowest BCUT2D eigenvalue weighted by Gasteiger charge is -2.32. The molecule has 9 nitrogen and oxygen atoms in total. The van der Waals surface area contributed by atoms with E-state index in [1.54, 1.807) is 43.8 Å². The monoisotopic (exact) mass is 501 g/mol. The summed E-state index contributed by atoms with van der Waals surface area (Å²) in [4.78, 5) is 23.9. The minimum Gasteiger partial charge on any atom is -0.493 e. The summed E-state index contributed by atoms with van der Waals surface area (Å²) in [6.07, 6.45) is 5.18. The number of nitrogens with one attached hydrogen (secondary N) is 2. The molecule has 0 aliphatic carbocycles. The fraction of sp³-hybridized carbons (Fsp3) is 0.321. The van der Waals surface area contributed by atoms with Crippen LogP contribution in [-0.4, -0.2) is 53.6 Å². The predicted molar refractivity (Wildman–Crippen MR) is 142 cm³/mol. The second kappa shape index (κ2) is 11.3. The van der Waals surface area contributed by atoms with Gasteiger partial charge in [0.15, 0.2) is 17.1 Å². The first-order chi connectivity index (χ1) is 18.1. The molecule has 0 saturated carbocycles. The van der Waals surface area contributed by atoms with E-state index < -0.39 is 0 Å². The Hall–Kier alpha value is -4.11. The van der Waals surface area contributed by atoms with Crippen molar-refractivity contribution in [3.63, 3.8) is 0 Å². The summed E-state index contributed by atoms with van der Waals surface area (Å²) >= 11 is 0. The minimum atomic E-state index is -0.252. The van der Waals surface area contributed by atoms with Gasteiger partial charge in [0.05, 0.1) is 31.2 Å². The van der Waals surface area contributed by atoms with Crippen LogP contribution in [-0.2, 0) is 6.54 Å². The lowest BCUT2D eigenvalue weighted by molar-refractivity contribution is 0.102. The molecule has 1 aliphatic heterocycles. The van der Waals surface area contributed by atoms with Gasteiger partial charge in [-0.1, -0.05) is 12.1 Å². The number of aromatic nitrogens is 2. The second-order valence-corrected chi connectivity index (χ2v) is 8.98. The number of carbonyl (C=O) groups is 1. The number of fused-ring (bicyclic) bond motifs is 1. The molecule has 0 radical (unpaired) electrons. The van der Waals surface area contributed by atoms with Crippen LogP contribution in [0.4, 0.5) is 11.7 Å². The molecule has 1 amide bonds. The lowest BCUT2D eigenvalue weighted by atomic mass is 10.0. The van der Waals surface area contributed by atoms with Crippen molar-refractivity contribution in [1.82, 2.24) is 14.9 Å². The van der Waals surface area contributed by atoms with Gasteiger partial charge in [-0.25, -0.2) is 0 Å². The summed E-state index contributed by atoms with van der Waals surface area (Å²) in [5.74, 6) is 1.28. The molecule has 2 aromatic carbocycles. The van der Waals surface area contributed by atoms with Gasteiger partial charge < -0.3 is 24.5 Å². The molecular weight excluding hydrogens is 470 g/mol. The number of amides is 1. The van der Waals surface area contributed by atoms with Gasteiger partial charge in [0, 0.05) is 31.9 Å². The molecule has 0 unspecified atom stereocenters. The number of likely N-dealkylation sites (tertiary alicyclic amines) is 1. The van der Waals surface area contributed by atoms with E-state index >= 15 is 0 Å². The van der Waals surface area contributed by atoms with Gasteiger partial charge in [-0.15, -0.1) is 0 Å². The third kappa shape index (κ3) is 5.83. The molecule has 0 spiro atoms. The van der Waals surface area contributed by atoms with E-state index in [2.05, 4.69) is 37.6 Å². The van der Waals surface area contributed by atoms with Crippen molar-refractivity contribution in [1.29, 1.82) is 0 Å². The smallest absolute Gasteiger partial charge is 0.295 e. The van der Waals surface area contributed by atoms with E-state index in [1.807, 2.05) is 19.1 Å². The maximum absolute atomic E-state index is 12.8. The molecule has 37 heavy (non-hydrogen) atoms. The van der Waals surface area contributed by atoms with Crippen molar-refractivity contribution in [3.05, 3.63) is 72.1 Å². The number of hydrogen-bond donors (Lipinski definition) is 2. The van der Waals surface area contributed by atoms with Gasteiger partial charge in [0.2, 0.25) is 0 Å². The molecule has 5 rings (SSSR count). The van der Waals surface area contributed by atoms with Crippen molar-refractivity contribution in [2.75, 3.05) is 37.4 Å². The quantitative estimate of drug-likeness (QED) is 0.332. The highest BCUT2D eigenvalue weighted by atomic mass is 16.5. The van der Waals surface area contributed by atoms with Crippen molar-refractivity contribution >= 4 is 28.7 Å². The number of hydrogen-bond acceptors (Lipinski definition) is 8. The summed E-state index contributed by atoms with van der Waals surface area (Å²) < 4.78 is 17.1. The van der Waals surface area contributed by atoms with Crippen LogP contribution >= 0.6 is 0 Å². The van der Waals surface area contributed by atoms with E-state index in [0.29, 0.717) is 35.0 Å². The Morgan fingerprint density at radius 3 is 2.76 bits per heavy atom. The van der Waals surface area contributed by atoms with Gasteiger partial charge in [-0.3, -0.25) is 14.7 Å². The highest BCUT2D eigenvalue weighted by Gasteiger charge is 2.22. The first-order valence-electron chi connectivity index (χ1n) is 12.5. The zero-order valence-corrected chi connectivity index (χ0v) is 21.1. The summed E-state index contributed by atoms with van der Waals surface area (Å²) in [6, 6.07) is 15.7. The van der Waals surface area contributed by atoms with E-state index in [0.717, 1.165) is 44.0 Å². The van der Waals surface area contributed by atoms with Crippen LogP contribution in [0.15, 0.2) is 65.3 Å². The molecule has 4 aromatic rings. The number of benzene rings is 2. The molecule has 1 aliphatic rings. The predicted octanol–water partition coefficient (Wildman–Crippen LogP) is 4.96. The Morgan fingerprint density at radius 1 is 1.14 bits per heavy atom. The Morgan fingerprint density at radius 2 is 2.00 bits per heavy atom. The molecule has 9 heteroatoms. The van der Waals surface area contributed by atoms with Crippen LogP contribution in [0.5, 0.6) is 11.5 Å². The molecule has 2 N–H and O–H groups in total. The summed E-state index contributed by atoms with van der Waals surface area (Å²) in [5.41, 5.74) is 3.39. The molecule has 192 valence electrons. The van der Waals surface area contributed by atoms with Crippen molar-refractivity contribution in [2.24, 2.45) is 0 Å². The first kappa shape index (κ1) is 24.6.